The number of phenols is 1. The van der Waals surface area contributed by atoms with Gasteiger partial charge in [0.15, 0.2) is 0 Å². The standard InChI is InChI=1S/C13H10ClNO4/c14-12-7-11(5-6-13(12)15(17)18)19-8-9-1-3-10(16)4-2-9/h1-7,16H,8H2. The highest BCUT2D eigenvalue weighted by Crippen LogP contribution is 2.28. The van der Waals surface area contributed by atoms with Crippen molar-refractivity contribution in [2.75, 3.05) is 0 Å². The molecule has 6 heteroatoms. The van der Waals surface area contributed by atoms with Crippen LogP contribution >= 0.6 is 11.6 Å². The van der Waals surface area contributed by atoms with Crippen molar-refractivity contribution in [1.82, 2.24) is 0 Å². The molecule has 0 atom stereocenters. The number of ether oxygens (including phenoxy) is 1. The van der Waals surface area contributed by atoms with Crippen LogP contribution in [0.3, 0.4) is 0 Å². The summed E-state index contributed by atoms with van der Waals surface area (Å²) >= 11 is 5.77. The molecule has 0 amide bonds. The number of nitrogens with zero attached hydrogens (tertiary/aromatic N) is 1. The Balaban J connectivity index is 2.06. The molecule has 0 saturated carbocycles. The summed E-state index contributed by atoms with van der Waals surface area (Å²) in [6.45, 7) is 0.286. The third-order valence-electron chi connectivity index (χ3n) is 2.46. The fourth-order valence-electron chi connectivity index (χ4n) is 1.48. The highest BCUT2D eigenvalue weighted by Gasteiger charge is 2.12. The maximum absolute atomic E-state index is 10.6. The number of hydrogen-bond acceptors (Lipinski definition) is 4. The molecule has 2 aromatic rings. The Labute approximate surface area is 114 Å². The normalized spacial score (nSPS) is 10.2. The second kappa shape index (κ2) is 5.58. The molecule has 0 radical (unpaired) electrons. The first kappa shape index (κ1) is 13.2. The van der Waals surface area contributed by atoms with E-state index in [1.165, 1.54) is 18.2 Å². The van der Waals surface area contributed by atoms with Crippen molar-refractivity contribution in [3.05, 3.63) is 63.2 Å². The predicted octanol–water partition coefficient (Wildman–Crippen LogP) is 3.53. The number of benzene rings is 2. The van der Waals surface area contributed by atoms with Gasteiger partial charge in [-0.3, -0.25) is 10.1 Å². The fraction of sp³-hybridized carbons (Fsp3) is 0.0769. The molecule has 0 spiro atoms. The van der Waals surface area contributed by atoms with Crippen LogP contribution < -0.4 is 4.74 Å². The number of aromatic hydroxyl groups is 1. The second-order valence-electron chi connectivity index (χ2n) is 3.83. The van der Waals surface area contributed by atoms with E-state index < -0.39 is 4.92 Å². The smallest absolute Gasteiger partial charge is 0.288 e. The Hall–Kier alpha value is -2.27. The van der Waals surface area contributed by atoms with Gasteiger partial charge in [0.05, 0.1) is 4.92 Å². The van der Waals surface area contributed by atoms with Crippen LogP contribution in [0.1, 0.15) is 5.56 Å². The van der Waals surface area contributed by atoms with Gasteiger partial charge in [-0.1, -0.05) is 23.7 Å². The minimum Gasteiger partial charge on any atom is -0.508 e. The van der Waals surface area contributed by atoms with E-state index in [2.05, 4.69) is 0 Å². The van der Waals surface area contributed by atoms with Crippen molar-refractivity contribution in [1.29, 1.82) is 0 Å². The lowest BCUT2D eigenvalue weighted by Crippen LogP contribution is -1.96. The predicted molar refractivity (Wildman–Crippen MR) is 70.5 cm³/mol. The van der Waals surface area contributed by atoms with Gasteiger partial charge < -0.3 is 9.84 Å². The van der Waals surface area contributed by atoms with E-state index in [0.717, 1.165) is 5.56 Å². The molecule has 2 rings (SSSR count). The van der Waals surface area contributed by atoms with E-state index in [9.17, 15) is 10.1 Å². The number of nitro groups is 1. The molecule has 5 nitrogen and oxygen atoms in total. The van der Waals surface area contributed by atoms with Crippen molar-refractivity contribution in [3.63, 3.8) is 0 Å². The molecule has 0 aromatic heterocycles. The number of hydrogen-bond donors (Lipinski definition) is 1. The van der Waals surface area contributed by atoms with Crippen LogP contribution in [0.15, 0.2) is 42.5 Å². The summed E-state index contributed by atoms with van der Waals surface area (Å²) in [7, 11) is 0. The quantitative estimate of drug-likeness (QED) is 0.686. The summed E-state index contributed by atoms with van der Waals surface area (Å²) in [5, 5.41) is 19.8. The minimum atomic E-state index is -0.550. The molecule has 0 heterocycles. The summed E-state index contributed by atoms with van der Waals surface area (Å²) in [4.78, 5) is 10.1. The first-order valence-electron chi connectivity index (χ1n) is 5.41. The van der Waals surface area contributed by atoms with Crippen molar-refractivity contribution < 1.29 is 14.8 Å². The number of phenolic OH excluding ortho intramolecular Hbond substituents is 1. The van der Waals surface area contributed by atoms with Crippen LogP contribution in [-0.2, 0) is 6.61 Å². The Morgan fingerprint density at radius 2 is 1.89 bits per heavy atom. The Morgan fingerprint density at radius 3 is 2.47 bits per heavy atom. The van der Waals surface area contributed by atoms with Gasteiger partial charge in [0.1, 0.15) is 23.1 Å². The zero-order valence-corrected chi connectivity index (χ0v) is 10.5. The second-order valence-corrected chi connectivity index (χ2v) is 4.23. The van der Waals surface area contributed by atoms with Gasteiger partial charge >= 0.3 is 0 Å². The molecule has 0 fully saturated rings. The van der Waals surface area contributed by atoms with Crippen molar-refractivity contribution in [3.8, 4) is 11.5 Å². The summed E-state index contributed by atoms with van der Waals surface area (Å²) in [5.74, 6) is 0.630. The van der Waals surface area contributed by atoms with E-state index >= 15 is 0 Å². The zero-order chi connectivity index (χ0) is 13.8. The van der Waals surface area contributed by atoms with E-state index in [-0.39, 0.29) is 23.1 Å². The minimum absolute atomic E-state index is 0.0354. The maximum atomic E-state index is 10.6. The summed E-state index contributed by atoms with van der Waals surface area (Å²) < 4.78 is 5.46. The largest absolute Gasteiger partial charge is 0.508 e. The molecule has 0 aliphatic carbocycles. The molecule has 98 valence electrons. The lowest BCUT2D eigenvalue weighted by molar-refractivity contribution is -0.384. The summed E-state index contributed by atoms with van der Waals surface area (Å²) in [5.41, 5.74) is 0.714. The molecule has 19 heavy (non-hydrogen) atoms. The molecular formula is C13H10ClNO4. The average Bonchev–Trinajstić information content (AvgIpc) is 2.37. The number of rotatable bonds is 4. The number of nitro benzene ring substituents is 1. The SMILES string of the molecule is O=[N+]([O-])c1ccc(OCc2ccc(O)cc2)cc1Cl. The van der Waals surface area contributed by atoms with Crippen LogP contribution in [0.25, 0.3) is 0 Å². The lowest BCUT2D eigenvalue weighted by atomic mass is 10.2. The molecule has 0 aliphatic rings. The fourth-order valence-corrected chi connectivity index (χ4v) is 1.72. The van der Waals surface area contributed by atoms with Crippen molar-refractivity contribution in [2.24, 2.45) is 0 Å². The van der Waals surface area contributed by atoms with Crippen LogP contribution in [0.4, 0.5) is 5.69 Å². The van der Waals surface area contributed by atoms with E-state index in [1.54, 1.807) is 24.3 Å². The molecular weight excluding hydrogens is 270 g/mol. The topological polar surface area (TPSA) is 72.6 Å². The van der Waals surface area contributed by atoms with E-state index in [4.69, 9.17) is 21.4 Å². The third-order valence-corrected chi connectivity index (χ3v) is 2.76. The first-order chi connectivity index (χ1) is 9.06. The van der Waals surface area contributed by atoms with Gasteiger partial charge in [0.2, 0.25) is 0 Å². The summed E-state index contributed by atoms with van der Waals surface area (Å²) in [6, 6.07) is 10.8. The van der Waals surface area contributed by atoms with Gasteiger partial charge in [-0.05, 0) is 23.8 Å². The van der Waals surface area contributed by atoms with Crippen LogP contribution in [0, 0.1) is 10.1 Å². The highest BCUT2D eigenvalue weighted by atomic mass is 35.5. The molecule has 1 N–H and O–H groups in total. The molecule has 0 bridgehead atoms. The Bertz CT molecular complexity index is 598. The average molecular weight is 280 g/mol. The number of halogens is 1. The van der Waals surface area contributed by atoms with Gasteiger partial charge in [-0.2, -0.15) is 0 Å². The first-order valence-corrected chi connectivity index (χ1v) is 5.79. The van der Waals surface area contributed by atoms with Gasteiger partial charge in [-0.15, -0.1) is 0 Å². The lowest BCUT2D eigenvalue weighted by Gasteiger charge is -2.06. The van der Waals surface area contributed by atoms with E-state index in [1.807, 2.05) is 0 Å². The monoisotopic (exact) mass is 279 g/mol. The molecule has 2 aromatic carbocycles. The van der Waals surface area contributed by atoms with Gasteiger partial charge in [0, 0.05) is 12.1 Å². The van der Waals surface area contributed by atoms with Gasteiger partial charge in [0.25, 0.3) is 5.69 Å². The summed E-state index contributed by atoms with van der Waals surface area (Å²) in [6.07, 6.45) is 0. The third kappa shape index (κ3) is 3.35. The highest BCUT2D eigenvalue weighted by molar-refractivity contribution is 6.32. The van der Waals surface area contributed by atoms with Crippen molar-refractivity contribution in [2.45, 2.75) is 6.61 Å². The van der Waals surface area contributed by atoms with Crippen LogP contribution in [0.2, 0.25) is 5.02 Å². The van der Waals surface area contributed by atoms with E-state index in [0.29, 0.717) is 5.75 Å². The Kier molecular flexibility index (Phi) is 3.87. The van der Waals surface area contributed by atoms with Crippen molar-refractivity contribution >= 4 is 17.3 Å². The molecule has 0 unspecified atom stereocenters. The zero-order valence-electron chi connectivity index (χ0n) is 9.75. The maximum Gasteiger partial charge on any atom is 0.288 e. The Morgan fingerprint density at radius 1 is 1.21 bits per heavy atom. The molecule has 0 saturated heterocycles. The molecule has 0 aliphatic heterocycles. The van der Waals surface area contributed by atoms with Crippen LogP contribution in [0.5, 0.6) is 11.5 Å². The van der Waals surface area contributed by atoms with Crippen LogP contribution in [-0.4, -0.2) is 10.0 Å². The van der Waals surface area contributed by atoms with Gasteiger partial charge in [-0.25, -0.2) is 0 Å².